The van der Waals surface area contributed by atoms with Crippen LogP contribution in [-0.4, -0.2) is 30.2 Å². The van der Waals surface area contributed by atoms with Gasteiger partial charge in [-0.25, -0.2) is 4.98 Å². The van der Waals surface area contributed by atoms with Gasteiger partial charge in [0.25, 0.3) is 5.91 Å². The van der Waals surface area contributed by atoms with E-state index in [0.717, 1.165) is 25.7 Å². The first-order chi connectivity index (χ1) is 9.20. The molecule has 1 aliphatic carbocycles. The lowest BCUT2D eigenvalue weighted by Gasteiger charge is -2.25. The maximum absolute atomic E-state index is 12.3. The zero-order chi connectivity index (χ0) is 13.7. The molecule has 1 N–H and O–H groups in total. The highest BCUT2D eigenvalue weighted by atomic mass is 16.5. The second-order valence-corrected chi connectivity index (χ2v) is 4.68. The van der Waals surface area contributed by atoms with Crippen molar-refractivity contribution >= 4 is 11.6 Å². The summed E-state index contributed by atoms with van der Waals surface area (Å²) in [6, 6.07) is 3.53. The number of carbonyl (C=O) groups excluding carboxylic acids is 1. The van der Waals surface area contributed by atoms with Crippen molar-refractivity contribution in [2.45, 2.75) is 38.2 Å². The molecule has 1 aromatic rings. The van der Waals surface area contributed by atoms with Gasteiger partial charge in [0, 0.05) is 13.2 Å². The van der Waals surface area contributed by atoms with Crippen molar-refractivity contribution in [1.82, 2.24) is 4.98 Å². The van der Waals surface area contributed by atoms with Crippen LogP contribution < -0.4 is 10.1 Å². The van der Waals surface area contributed by atoms with Crippen LogP contribution in [0.1, 0.15) is 32.6 Å². The van der Waals surface area contributed by atoms with Gasteiger partial charge in [0.05, 0.1) is 18.5 Å². The number of pyridine rings is 1. The maximum atomic E-state index is 12.3. The van der Waals surface area contributed by atoms with Gasteiger partial charge in [-0.2, -0.15) is 0 Å². The minimum Gasteiger partial charge on any atom is -0.478 e. The average Bonchev–Trinajstić information content (AvgIpc) is 2.91. The van der Waals surface area contributed by atoms with E-state index in [2.05, 4.69) is 10.3 Å². The second-order valence-electron chi connectivity index (χ2n) is 4.68. The molecule has 1 fully saturated rings. The molecular formula is C14H20N2O3. The third-order valence-corrected chi connectivity index (χ3v) is 3.50. The Labute approximate surface area is 113 Å². The molecule has 0 saturated heterocycles. The number of anilines is 1. The van der Waals surface area contributed by atoms with E-state index in [0.29, 0.717) is 18.2 Å². The van der Waals surface area contributed by atoms with E-state index in [-0.39, 0.29) is 5.91 Å². The molecule has 5 heteroatoms. The third kappa shape index (κ3) is 3.04. The molecule has 0 aliphatic heterocycles. The molecule has 1 heterocycles. The Morgan fingerprint density at radius 1 is 1.42 bits per heavy atom. The highest BCUT2D eigenvalue weighted by Gasteiger charge is 2.41. The molecule has 2 rings (SSSR count). The number of hydrogen-bond donors (Lipinski definition) is 1. The summed E-state index contributed by atoms with van der Waals surface area (Å²) < 4.78 is 10.7. The highest BCUT2D eigenvalue weighted by molar-refractivity contribution is 5.97. The van der Waals surface area contributed by atoms with Crippen molar-refractivity contribution in [3.8, 4) is 5.88 Å². The monoisotopic (exact) mass is 264 g/mol. The average molecular weight is 264 g/mol. The van der Waals surface area contributed by atoms with E-state index in [1.165, 1.54) is 0 Å². The lowest BCUT2D eigenvalue weighted by molar-refractivity contribution is -0.137. The van der Waals surface area contributed by atoms with E-state index in [1.807, 2.05) is 6.92 Å². The molecule has 0 bridgehead atoms. The van der Waals surface area contributed by atoms with Gasteiger partial charge < -0.3 is 14.8 Å². The van der Waals surface area contributed by atoms with Gasteiger partial charge in [-0.3, -0.25) is 4.79 Å². The SMILES string of the molecule is CCOc1ccc(NC(=O)C2(OC)CCCC2)cn1. The van der Waals surface area contributed by atoms with Gasteiger partial charge >= 0.3 is 0 Å². The topological polar surface area (TPSA) is 60.5 Å². The molecule has 5 nitrogen and oxygen atoms in total. The number of rotatable bonds is 5. The fraction of sp³-hybridized carbons (Fsp3) is 0.571. The smallest absolute Gasteiger partial charge is 0.256 e. The molecule has 0 aromatic carbocycles. The van der Waals surface area contributed by atoms with Crippen molar-refractivity contribution in [3.63, 3.8) is 0 Å². The van der Waals surface area contributed by atoms with Crippen LogP contribution in [0.3, 0.4) is 0 Å². The summed E-state index contributed by atoms with van der Waals surface area (Å²) in [5.41, 5.74) is -0.00438. The first kappa shape index (κ1) is 13.8. The Hall–Kier alpha value is -1.62. The molecule has 0 radical (unpaired) electrons. The van der Waals surface area contributed by atoms with E-state index in [9.17, 15) is 4.79 Å². The fourth-order valence-corrected chi connectivity index (χ4v) is 2.40. The minimum absolute atomic E-state index is 0.0848. The Morgan fingerprint density at radius 2 is 2.16 bits per heavy atom. The molecule has 0 unspecified atom stereocenters. The predicted molar refractivity (Wildman–Crippen MR) is 72.2 cm³/mol. The molecule has 0 atom stereocenters. The number of nitrogens with zero attached hydrogens (tertiary/aromatic N) is 1. The first-order valence-corrected chi connectivity index (χ1v) is 6.65. The lowest BCUT2D eigenvalue weighted by Crippen LogP contribution is -2.42. The number of amides is 1. The van der Waals surface area contributed by atoms with Crippen LogP contribution in [0.4, 0.5) is 5.69 Å². The summed E-state index contributed by atoms with van der Waals surface area (Å²) in [5.74, 6) is 0.473. The van der Waals surface area contributed by atoms with E-state index >= 15 is 0 Å². The number of nitrogens with one attached hydrogen (secondary N) is 1. The second kappa shape index (κ2) is 6.02. The maximum Gasteiger partial charge on any atom is 0.256 e. The quantitative estimate of drug-likeness (QED) is 0.887. The normalized spacial score (nSPS) is 17.2. The Balaban J connectivity index is 2.02. The third-order valence-electron chi connectivity index (χ3n) is 3.50. The van der Waals surface area contributed by atoms with Crippen LogP contribution in [-0.2, 0) is 9.53 Å². The van der Waals surface area contributed by atoms with Crippen LogP contribution in [0.25, 0.3) is 0 Å². The summed E-state index contributed by atoms with van der Waals surface area (Å²) >= 11 is 0. The minimum atomic E-state index is -0.668. The molecule has 0 spiro atoms. The van der Waals surface area contributed by atoms with Gasteiger partial charge in [0.2, 0.25) is 5.88 Å². The summed E-state index contributed by atoms with van der Waals surface area (Å²) in [7, 11) is 1.60. The predicted octanol–water partition coefficient (Wildman–Crippen LogP) is 2.38. The Morgan fingerprint density at radius 3 is 2.68 bits per heavy atom. The van der Waals surface area contributed by atoms with Crippen molar-refractivity contribution in [1.29, 1.82) is 0 Å². The molecular weight excluding hydrogens is 244 g/mol. The summed E-state index contributed by atoms with van der Waals surface area (Å²) in [5, 5.41) is 2.86. The summed E-state index contributed by atoms with van der Waals surface area (Å²) in [6.45, 7) is 2.48. The van der Waals surface area contributed by atoms with E-state index < -0.39 is 5.60 Å². The van der Waals surface area contributed by atoms with Crippen LogP contribution in [0.2, 0.25) is 0 Å². The molecule has 1 aromatic heterocycles. The first-order valence-electron chi connectivity index (χ1n) is 6.65. The van der Waals surface area contributed by atoms with Gasteiger partial charge in [0.1, 0.15) is 5.60 Å². The zero-order valence-electron chi connectivity index (χ0n) is 11.4. The molecule has 19 heavy (non-hydrogen) atoms. The van der Waals surface area contributed by atoms with Crippen LogP contribution in [0, 0.1) is 0 Å². The summed E-state index contributed by atoms with van der Waals surface area (Å²) in [6.07, 6.45) is 5.21. The largest absolute Gasteiger partial charge is 0.478 e. The van der Waals surface area contributed by atoms with Crippen LogP contribution in [0.5, 0.6) is 5.88 Å². The number of carbonyl (C=O) groups is 1. The Bertz CT molecular complexity index is 425. The summed E-state index contributed by atoms with van der Waals surface area (Å²) in [4.78, 5) is 16.4. The number of ether oxygens (including phenoxy) is 2. The van der Waals surface area contributed by atoms with Crippen molar-refractivity contribution in [3.05, 3.63) is 18.3 Å². The zero-order valence-corrected chi connectivity index (χ0v) is 11.4. The van der Waals surface area contributed by atoms with Crippen LogP contribution in [0.15, 0.2) is 18.3 Å². The fourth-order valence-electron chi connectivity index (χ4n) is 2.40. The van der Waals surface area contributed by atoms with Crippen molar-refractivity contribution < 1.29 is 14.3 Å². The Kier molecular flexibility index (Phi) is 4.37. The van der Waals surface area contributed by atoms with E-state index in [4.69, 9.17) is 9.47 Å². The highest BCUT2D eigenvalue weighted by Crippen LogP contribution is 2.33. The molecule has 1 amide bonds. The number of hydrogen-bond acceptors (Lipinski definition) is 4. The van der Waals surface area contributed by atoms with Gasteiger partial charge in [0.15, 0.2) is 0 Å². The lowest BCUT2D eigenvalue weighted by atomic mass is 10.0. The number of methoxy groups -OCH3 is 1. The van der Waals surface area contributed by atoms with Gasteiger partial charge in [-0.05, 0) is 38.7 Å². The standard InChI is InChI=1S/C14H20N2O3/c1-3-19-12-7-6-11(10-15-12)16-13(17)14(18-2)8-4-5-9-14/h6-7,10H,3-5,8-9H2,1-2H3,(H,16,17). The number of aromatic nitrogens is 1. The molecule has 1 aliphatic rings. The van der Waals surface area contributed by atoms with Crippen LogP contribution >= 0.6 is 0 Å². The van der Waals surface area contributed by atoms with Crippen molar-refractivity contribution in [2.24, 2.45) is 0 Å². The van der Waals surface area contributed by atoms with E-state index in [1.54, 1.807) is 25.4 Å². The molecule has 1 saturated carbocycles. The van der Waals surface area contributed by atoms with Crippen molar-refractivity contribution in [2.75, 3.05) is 19.0 Å². The van der Waals surface area contributed by atoms with Gasteiger partial charge in [-0.15, -0.1) is 0 Å². The molecule has 104 valence electrons. The van der Waals surface area contributed by atoms with Gasteiger partial charge in [-0.1, -0.05) is 0 Å².